The van der Waals surface area contributed by atoms with Crippen molar-refractivity contribution in [2.24, 2.45) is 0 Å². The second-order valence-corrected chi connectivity index (χ2v) is 6.42. The standard InChI is InChI=1S/C17H17F2N3O5/c18-10-4-3-5-11(19)14(10)20-12(23)9-27-13(24)8-22-15(25)17(21-16(22)26)6-1-2-7-17/h3-5H,1-2,6-9H2,(H,20,23)(H,21,26). The Kier molecular flexibility index (Phi) is 5.06. The Labute approximate surface area is 152 Å². The SMILES string of the molecule is O=C(COC(=O)CN1C(=O)NC2(CCCC2)C1=O)Nc1c(F)cccc1F. The largest absolute Gasteiger partial charge is 0.454 e. The summed E-state index contributed by atoms with van der Waals surface area (Å²) in [6.07, 6.45) is 2.63. The van der Waals surface area contributed by atoms with E-state index < -0.39 is 59.8 Å². The Hall–Kier alpha value is -3.04. The lowest BCUT2D eigenvalue weighted by Crippen LogP contribution is -2.44. The normalized spacial score (nSPS) is 17.9. The lowest BCUT2D eigenvalue weighted by atomic mass is 9.98. The number of esters is 1. The van der Waals surface area contributed by atoms with Crippen LogP contribution >= 0.6 is 0 Å². The summed E-state index contributed by atoms with van der Waals surface area (Å²) >= 11 is 0. The molecule has 8 nitrogen and oxygen atoms in total. The molecule has 2 aliphatic rings. The molecule has 0 atom stereocenters. The lowest BCUT2D eigenvalue weighted by Gasteiger charge is -2.19. The number of hydrogen-bond acceptors (Lipinski definition) is 5. The van der Waals surface area contributed by atoms with Gasteiger partial charge in [0, 0.05) is 0 Å². The van der Waals surface area contributed by atoms with Crippen LogP contribution in [-0.4, -0.2) is 47.4 Å². The molecule has 0 radical (unpaired) electrons. The van der Waals surface area contributed by atoms with Gasteiger partial charge in [0.05, 0.1) is 0 Å². The van der Waals surface area contributed by atoms with E-state index in [-0.39, 0.29) is 0 Å². The number of benzene rings is 1. The molecule has 1 aliphatic carbocycles. The van der Waals surface area contributed by atoms with Gasteiger partial charge in [-0.15, -0.1) is 0 Å². The maximum absolute atomic E-state index is 13.5. The number of carbonyl (C=O) groups excluding carboxylic acids is 4. The Morgan fingerprint density at radius 1 is 1.19 bits per heavy atom. The number of para-hydroxylation sites is 1. The number of carbonyl (C=O) groups is 4. The first-order valence-corrected chi connectivity index (χ1v) is 8.36. The van der Waals surface area contributed by atoms with Crippen LogP contribution in [0.1, 0.15) is 25.7 Å². The predicted octanol–water partition coefficient (Wildman–Crippen LogP) is 1.31. The molecule has 0 aromatic heterocycles. The highest BCUT2D eigenvalue weighted by atomic mass is 19.1. The second-order valence-electron chi connectivity index (χ2n) is 6.42. The van der Waals surface area contributed by atoms with E-state index in [1.165, 1.54) is 0 Å². The molecule has 1 aromatic carbocycles. The average Bonchev–Trinajstić information content (AvgIpc) is 3.17. The van der Waals surface area contributed by atoms with Crippen molar-refractivity contribution in [1.82, 2.24) is 10.2 Å². The molecular weight excluding hydrogens is 364 g/mol. The van der Waals surface area contributed by atoms with Crippen LogP contribution in [0.2, 0.25) is 0 Å². The summed E-state index contributed by atoms with van der Waals surface area (Å²) in [6, 6.07) is 2.37. The van der Waals surface area contributed by atoms with Crippen LogP contribution in [0.15, 0.2) is 18.2 Å². The van der Waals surface area contributed by atoms with E-state index in [1.807, 2.05) is 5.32 Å². The molecule has 27 heavy (non-hydrogen) atoms. The predicted molar refractivity (Wildman–Crippen MR) is 87.4 cm³/mol. The second kappa shape index (κ2) is 7.29. The number of rotatable bonds is 5. The summed E-state index contributed by atoms with van der Waals surface area (Å²) < 4.78 is 31.6. The Morgan fingerprint density at radius 2 is 1.81 bits per heavy atom. The number of imide groups is 1. The van der Waals surface area contributed by atoms with Gasteiger partial charge >= 0.3 is 12.0 Å². The topological polar surface area (TPSA) is 105 Å². The van der Waals surface area contributed by atoms with Gasteiger partial charge in [-0.3, -0.25) is 19.3 Å². The summed E-state index contributed by atoms with van der Waals surface area (Å²) in [5.74, 6) is -4.39. The van der Waals surface area contributed by atoms with Gasteiger partial charge in [-0.05, 0) is 25.0 Å². The number of nitrogens with one attached hydrogen (secondary N) is 2. The Bertz CT molecular complexity index is 788. The van der Waals surface area contributed by atoms with E-state index in [4.69, 9.17) is 4.74 Å². The van der Waals surface area contributed by atoms with Crippen molar-refractivity contribution in [2.75, 3.05) is 18.5 Å². The fourth-order valence-corrected chi connectivity index (χ4v) is 3.25. The average molecular weight is 381 g/mol. The molecule has 0 unspecified atom stereocenters. The van der Waals surface area contributed by atoms with Crippen molar-refractivity contribution in [3.8, 4) is 0 Å². The van der Waals surface area contributed by atoms with Crippen LogP contribution in [-0.2, 0) is 19.1 Å². The Morgan fingerprint density at radius 3 is 2.44 bits per heavy atom. The molecule has 1 aliphatic heterocycles. The van der Waals surface area contributed by atoms with Crippen molar-refractivity contribution < 1.29 is 32.7 Å². The fourth-order valence-electron chi connectivity index (χ4n) is 3.25. The van der Waals surface area contributed by atoms with Gasteiger partial charge < -0.3 is 15.4 Å². The van der Waals surface area contributed by atoms with Crippen molar-refractivity contribution in [3.63, 3.8) is 0 Å². The number of nitrogens with zero attached hydrogens (tertiary/aromatic N) is 1. The van der Waals surface area contributed by atoms with Gasteiger partial charge in [-0.25, -0.2) is 13.6 Å². The molecule has 1 saturated heterocycles. The number of urea groups is 1. The molecule has 2 N–H and O–H groups in total. The summed E-state index contributed by atoms with van der Waals surface area (Å²) in [5.41, 5.74) is -1.60. The van der Waals surface area contributed by atoms with Gasteiger partial charge in [0.2, 0.25) is 0 Å². The van der Waals surface area contributed by atoms with E-state index >= 15 is 0 Å². The van der Waals surface area contributed by atoms with Crippen molar-refractivity contribution in [1.29, 1.82) is 0 Å². The van der Waals surface area contributed by atoms with Crippen LogP contribution < -0.4 is 10.6 Å². The van der Waals surface area contributed by atoms with Crippen molar-refractivity contribution in [3.05, 3.63) is 29.8 Å². The molecule has 1 heterocycles. The molecule has 10 heteroatoms. The highest BCUT2D eigenvalue weighted by Gasteiger charge is 2.52. The monoisotopic (exact) mass is 381 g/mol. The van der Waals surface area contributed by atoms with Gasteiger partial charge in [-0.1, -0.05) is 18.9 Å². The van der Waals surface area contributed by atoms with Crippen LogP contribution in [0, 0.1) is 11.6 Å². The van der Waals surface area contributed by atoms with Crippen LogP contribution in [0.3, 0.4) is 0 Å². The zero-order valence-corrected chi connectivity index (χ0v) is 14.2. The first-order chi connectivity index (χ1) is 12.8. The maximum atomic E-state index is 13.5. The van der Waals surface area contributed by atoms with Crippen molar-refractivity contribution in [2.45, 2.75) is 31.2 Å². The minimum absolute atomic E-state index is 0.486. The van der Waals surface area contributed by atoms with E-state index in [2.05, 4.69) is 5.32 Å². The first-order valence-electron chi connectivity index (χ1n) is 8.36. The highest BCUT2D eigenvalue weighted by Crippen LogP contribution is 2.34. The smallest absolute Gasteiger partial charge is 0.326 e. The number of amides is 4. The van der Waals surface area contributed by atoms with Crippen LogP contribution in [0.4, 0.5) is 19.3 Å². The molecule has 3 rings (SSSR count). The van der Waals surface area contributed by atoms with Crippen molar-refractivity contribution >= 4 is 29.5 Å². The number of ether oxygens (including phenoxy) is 1. The van der Waals surface area contributed by atoms with Crippen LogP contribution in [0.5, 0.6) is 0 Å². The first kappa shape index (κ1) is 18.7. The molecule has 1 spiro atoms. The molecule has 0 bridgehead atoms. The van der Waals surface area contributed by atoms with E-state index in [0.717, 1.165) is 35.9 Å². The molecular formula is C17H17F2N3O5. The quantitative estimate of drug-likeness (QED) is 0.591. The third kappa shape index (κ3) is 3.74. The van der Waals surface area contributed by atoms with Gasteiger partial charge in [-0.2, -0.15) is 0 Å². The summed E-state index contributed by atoms with van der Waals surface area (Å²) in [6.45, 7) is -1.46. The van der Waals surface area contributed by atoms with Gasteiger partial charge in [0.1, 0.15) is 29.4 Å². The number of anilines is 1. The van der Waals surface area contributed by atoms with Gasteiger partial charge in [0.25, 0.3) is 11.8 Å². The van der Waals surface area contributed by atoms with E-state index in [1.54, 1.807) is 0 Å². The third-order valence-corrected chi connectivity index (χ3v) is 4.58. The highest BCUT2D eigenvalue weighted by molar-refractivity contribution is 6.09. The minimum atomic E-state index is -0.988. The zero-order valence-electron chi connectivity index (χ0n) is 14.2. The molecule has 144 valence electrons. The number of hydrogen-bond donors (Lipinski definition) is 2. The minimum Gasteiger partial charge on any atom is -0.454 e. The zero-order chi connectivity index (χ0) is 19.6. The molecule has 1 aromatic rings. The third-order valence-electron chi connectivity index (χ3n) is 4.58. The lowest BCUT2D eigenvalue weighted by molar-refractivity contribution is -0.150. The van der Waals surface area contributed by atoms with Crippen LogP contribution in [0.25, 0.3) is 0 Å². The number of halogens is 2. The van der Waals surface area contributed by atoms with E-state index in [9.17, 15) is 28.0 Å². The molecule has 2 fully saturated rings. The molecule has 1 saturated carbocycles. The summed E-state index contributed by atoms with van der Waals surface area (Å²) in [7, 11) is 0. The maximum Gasteiger partial charge on any atom is 0.326 e. The Balaban J connectivity index is 1.52. The van der Waals surface area contributed by atoms with Gasteiger partial charge in [0.15, 0.2) is 6.61 Å². The summed E-state index contributed by atoms with van der Waals surface area (Å²) in [4.78, 5) is 48.7. The van der Waals surface area contributed by atoms with E-state index in [0.29, 0.717) is 12.8 Å². The summed E-state index contributed by atoms with van der Waals surface area (Å²) in [5, 5.41) is 4.57. The molecule has 4 amide bonds. The fraction of sp³-hybridized carbons (Fsp3) is 0.412.